The van der Waals surface area contributed by atoms with E-state index in [0.29, 0.717) is 6.61 Å². The van der Waals surface area contributed by atoms with Crippen molar-refractivity contribution in [3.8, 4) is 11.5 Å². The van der Waals surface area contributed by atoms with Gasteiger partial charge in [0.15, 0.2) is 11.5 Å². The molecule has 4 nitrogen and oxygen atoms in total. The van der Waals surface area contributed by atoms with Crippen molar-refractivity contribution in [3.05, 3.63) is 23.8 Å². The second-order valence-electron chi connectivity index (χ2n) is 4.58. The first-order chi connectivity index (χ1) is 9.16. The molecule has 0 radical (unpaired) electrons. The van der Waals surface area contributed by atoms with Crippen LogP contribution in [0.5, 0.6) is 11.5 Å². The average molecular weight is 266 g/mol. The highest BCUT2D eigenvalue weighted by atomic mass is 16.5. The highest BCUT2D eigenvalue weighted by Gasteiger charge is 2.14. The molecule has 1 aromatic carbocycles. The number of unbranched alkanes of at least 4 members (excludes halogenated alkanes) is 5. The second-order valence-corrected chi connectivity index (χ2v) is 4.58. The van der Waals surface area contributed by atoms with Gasteiger partial charge in [-0.25, -0.2) is 4.79 Å². The Morgan fingerprint density at radius 1 is 1.11 bits per heavy atom. The lowest BCUT2D eigenvalue weighted by atomic mass is 10.1. The maximum atomic E-state index is 11.7. The fourth-order valence-corrected chi connectivity index (χ4v) is 1.82. The van der Waals surface area contributed by atoms with Crippen LogP contribution < -0.4 is 0 Å². The number of para-hydroxylation sites is 1. The molecule has 0 aromatic heterocycles. The van der Waals surface area contributed by atoms with Gasteiger partial charge in [0.25, 0.3) is 0 Å². The maximum absolute atomic E-state index is 11.7. The maximum Gasteiger partial charge on any atom is 0.342 e. The molecule has 1 rings (SSSR count). The van der Waals surface area contributed by atoms with Crippen LogP contribution in [0, 0.1) is 0 Å². The van der Waals surface area contributed by atoms with E-state index >= 15 is 0 Å². The Labute approximate surface area is 114 Å². The first-order valence-electron chi connectivity index (χ1n) is 6.85. The highest BCUT2D eigenvalue weighted by Crippen LogP contribution is 2.28. The van der Waals surface area contributed by atoms with Crippen molar-refractivity contribution in [3.63, 3.8) is 0 Å². The number of hydrogen-bond donors (Lipinski definition) is 2. The van der Waals surface area contributed by atoms with Gasteiger partial charge in [-0.2, -0.15) is 0 Å². The Bertz CT molecular complexity index is 401. The zero-order valence-electron chi connectivity index (χ0n) is 11.4. The van der Waals surface area contributed by atoms with E-state index in [2.05, 4.69) is 6.92 Å². The monoisotopic (exact) mass is 266 g/mol. The molecule has 0 atom stereocenters. The lowest BCUT2D eigenvalue weighted by Crippen LogP contribution is -2.06. The summed E-state index contributed by atoms with van der Waals surface area (Å²) in [4.78, 5) is 11.7. The second kappa shape index (κ2) is 8.40. The standard InChI is InChI=1S/C15H22O4/c1-2-3-4-5-6-7-11-19-15(18)12-9-8-10-13(16)14(12)17/h8-10,16-17H,2-7,11H2,1H3. The van der Waals surface area contributed by atoms with Gasteiger partial charge in [0.1, 0.15) is 5.56 Å². The van der Waals surface area contributed by atoms with Gasteiger partial charge in [-0.15, -0.1) is 0 Å². The third kappa shape index (κ3) is 5.20. The molecule has 0 fully saturated rings. The molecule has 0 unspecified atom stereocenters. The summed E-state index contributed by atoms with van der Waals surface area (Å²) in [5.74, 6) is -1.33. The number of carbonyl (C=O) groups excluding carboxylic acids is 1. The summed E-state index contributed by atoms with van der Waals surface area (Å²) in [5.41, 5.74) is 0.00554. The largest absolute Gasteiger partial charge is 0.504 e. The number of carbonyl (C=O) groups is 1. The summed E-state index contributed by atoms with van der Waals surface area (Å²) in [6, 6.07) is 4.24. The predicted molar refractivity (Wildman–Crippen MR) is 73.4 cm³/mol. The highest BCUT2D eigenvalue weighted by molar-refractivity contribution is 5.93. The van der Waals surface area contributed by atoms with Crippen LogP contribution in [-0.2, 0) is 4.74 Å². The molecule has 0 bridgehead atoms. The molecule has 1 aromatic rings. The SMILES string of the molecule is CCCCCCCCOC(=O)c1cccc(O)c1O. The minimum Gasteiger partial charge on any atom is -0.504 e. The molecule has 0 amide bonds. The van der Waals surface area contributed by atoms with E-state index in [9.17, 15) is 15.0 Å². The van der Waals surface area contributed by atoms with Gasteiger partial charge in [0.2, 0.25) is 0 Å². The first kappa shape index (κ1) is 15.3. The fourth-order valence-electron chi connectivity index (χ4n) is 1.82. The zero-order chi connectivity index (χ0) is 14.1. The number of phenols is 2. The number of rotatable bonds is 8. The third-order valence-electron chi connectivity index (χ3n) is 2.97. The number of aromatic hydroxyl groups is 2. The molecule has 0 spiro atoms. The fraction of sp³-hybridized carbons (Fsp3) is 0.533. The van der Waals surface area contributed by atoms with Crippen molar-refractivity contribution in [1.82, 2.24) is 0 Å². The molecule has 0 heterocycles. The quantitative estimate of drug-likeness (QED) is 0.428. The van der Waals surface area contributed by atoms with Crippen LogP contribution in [0.3, 0.4) is 0 Å². The van der Waals surface area contributed by atoms with Gasteiger partial charge in [0.05, 0.1) is 6.61 Å². The summed E-state index contributed by atoms with van der Waals surface area (Å²) in [7, 11) is 0. The average Bonchev–Trinajstić information content (AvgIpc) is 2.40. The first-order valence-corrected chi connectivity index (χ1v) is 6.85. The van der Waals surface area contributed by atoms with Crippen molar-refractivity contribution in [2.45, 2.75) is 45.4 Å². The van der Waals surface area contributed by atoms with Crippen molar-refractivity contribution < 1.29 is 19.7 Å². The molecule has 0 aliphatic carbocycles. The normalized spacial score (nSPS) is 10.4. The van der Waals surface area contributed by atoms with Crippen molar-refractivity contribution >= 4 is 5.97 Å². The molecule has 106 valence electrons. The van der Waals surface area contributed by atoms with Gasteiger partial charge in [0, 0.05) is 0 Å². The summed E-state index contributed by atoms with van der Waals surface area (Å²) in [6.07, 6.45) is 6.71. The zero-order valence-corrected chi connectivity index (χ0v) is 11.4. The number of hydrogen-bond acceptors (Lipinski definition) is 4. The van der Waals surface area contributed by atoms with Crippen LogP contribution in [0.2, 0.25) is 0 Å². The molecule has 0 saturated heterocycles. The molecule has 19 heavy (non-hydrogen) atoms. The van der Waals surface area contributed by atoms with E-state index in [0.717, 1.165) is 19.3 Å². The smallest absolute Gasteiger partial charge is 0.342 e. The minimum absolute atomic E-state index is 0.00554. The molecule has 2 N–H and O–H groups in total. The van der Waals surface area contributed by atoms with Crippen molar-refractivity contribution in [2.75, 3.05) is 6.61 Å². The van der Waals surface area contributed by atoms with E-state index in [1.54, 1.807) is 0 Å². The Balaban J connectivity index is 2.26. The molecule has 0 aliphatic heterocycles. The molecule has 0 aliphatic rings. The molecule has 4 heteroatoms. The Hall–Kier alpha value is -1.71. The van der Waals surface area contributed by atoms with Crippen molar-refractivity contribution in [2.24, 2.45) is 0 Å². The van der Waals surface area contributed by atoms with E-state index < -0.39 is 11.7 Å². The number of esters is 1. The number of benzene rings is 1. The summed E-state index contributed by atoms with van der Waals surface area (Å²) in [5, 5.41) is 18.8. The summed E-state index contributed by atoms with van der Waals surface area (Å²) in [6.45, 7) is 2.52. The van der Waals surface area contributed by atoms with Crippen LogP contribution >= 0.6 is 0 Å². The van der Waals surface area contributed by atoms with Gasteiger partial charge >= 0.3 is 5.97 Å². The number of ether oxygens (including phenoxy) is 1. The van der Waals surface area contributed by atoms with Crippen LogP contribution in [0.15, 0.2) is 18.2 Å². The van der Waals surface area contributed by atoms with Crippen molar-refractivity contribution in [1.29, 1.82) is 0 Å². The van der Waals surface area contributed by atoms with E-state index in [-0.39, 0.29) is 11.3 Å². The van der Waals surface area contributed by atoms with E-state index in [4.69, 9.17) is 4.74 Å². The van der Waals surface area contributed by atoms with Gasteiger partial charge in [-0.1, -0.05) is 45.1 Å². The lowest BCUT2D eigenvalue weighted by molar-refractivity contribution is 0.0493. The van der Waals surface area contributed by atoms with Gasteiger partial charge in [-0.05, 0) is 18.6 Å². The van der Waals surface area contributed by atoms with Crippen LogP contribution in [-0.4, -0.2) is 22.8 Å². The van der Waals surface area contributed by atoms with Crippen LogP contribution in [0.1, 0.15) is 55.8 Å². The lowest BCUT2D eigenvalue weighted by Gasteiger charge is -2.07. The Morgan fingerprint density at radius 2 is 1.79 bits per heavy atom. The minimum atomic E-state index is -0.595. The summed E-state index contributed by atoms with van der Waals surface area (Å²) < 4.78 is 5.06. The molecule has 0 saturated carbocycles. The Morgan fingerprint density at radius 3 is 2.53 bits per heavy atom. The Kier molecular flexibility index (Phi) is 6.79. The third-order valence-corrected chi connectivity index (χ3v) is 2.97. The van der Waals surface area contributed by atoms with E-state index in [1.165, 1.54) is 37.5 Å². The van der Waals surface area contributed by atoms with Gasteiger partial charge < -0.3 is 14.9 Å². The predicted octanol–water partition coefficient (Wildman–Crippen LogP) is 3.62. The van der Waals surface area contributed by atoms with Gasteiger partial charge in [-0.3, -0.25) is 0 Å². The van der Waals surface area contributed by atoms with E-state index in [1.807, 2.05) is 0 Å². The van der Waals surface area contributed by atoms with Crippen LogP contribution in [0.25, 0.3) is 0 Å². The van der Waals surface area contributed by atoms with Crippen LogP contribution in [0.4, 0.5) is 0 Å². The molecular weight excluding hydrogens is 244 g/mol. The summed E-state index contributed by atoms with van der Waals surface area (Å²) >= 11 is 0. The molecular formula is C15H22O4. The number of phenolic OH excluding ortho intramolecular Hbond substituents is 2. The topological polar surface area (TPSA) is 66.8 Å².